The Hall–Kier alpha value is -2.04. The summed E-state index contributed by atoms with van der Waals surface area (Å²) in [5.41, 5.74) is 3.13. The van der Waals surface area contributed by atoms with Crippen molar-refractivity contribution in [1.29, 1.82) is 0 Å². The molecule has 1 amide bonds. The molecule has 1 aromatic carbocycles. The summed E-state index contributed by atoms with van der Waals surface area (Å²) in [5, 5.41) is 8.58. The molecule has 5 nitrogen and oxygen atoms in total. The molecule has 20 heavy (non-hydrogen) atoms. The fourth-order valence-corrected chi connectivity index (χ4v) is 2.03. The number of carboxylic acid groups (broad SMARTS) is 1. The van der Waals surface area contributed by atoms with Crippen LogP contribution in [0.2, 0.25) is 0 Å². The highest BCUT2D eigenvalue weighted by Crippen LogP contribution is 2.24. The van der Waals surface area contributed by atoms with Crippen molar-refractivity contribution in [2.45, 2.75) is 27.2 Å². The zero-order chi connectivity index (χ0) is 15.3. The van der Waals surface area contributed by atoms with Gasteiger partial charge >= 0.3 is 5.97 Å². The molecule has 0 saturated heterocycles. The molecule has 0 saturated carbocycles. The first-order valence-electron chi connectivity index (χ1n) is 6.47. The van der Waals surface area contributed by atoms with Crippen LogP contribution in [0.5, 0.6) is 5.75 Å². The van der Waals surface area contributed by atoms with Crippen molar-refractivity contribution >= 4 is 11.9 Å². The molecule has 0 spiro atoms. The van der Waals surface area contributed by atoms with Crippen molar-refractivity contribution < 1.29 is 19.4 Å². The Kier molecular flexibility index (Phi) is 5.55. The van der Waals surface area contributed by atoms with Gasteiger partial charge < -0.3 is 14.7 Å². The van der Waals surface area contributed by atoms with Gasteiger partial charge in [0.05, 0.1) is 6.42 Å². The molecule has 1 aromatic rings. The highest BCUT2D eigenvalue weighted by molar-refractivity contribution is 5.78. The number of benzene rings is 1. The van der Waals surface area contributed by atoms with Crippen LogP contribution in [-0.2, 0) is 9.59 Å². The Morgan fingerprint density at radius 1 is 1.20 bits per heavy atom. The number of hydrogen-bond acceptors (Lipinski definition) is 3. The number of carbonyl (C=O) groups excluding carboxylic acids is 1. The van der Waals surface area contributed by atoms with E-state index in [4.69, 9.17) is 9.84 Å². The first-order chi connectivity index (χ1) is 9.31. The summed E-state index contributed by atoms with van der Waals surface area (Å²) in [7, 11) is 1.57. The zero-order valence-corrected chi connectivity index (χ0v) is 12.4. The highest BCUT2D eigenvalue weighted by atomic mass is 16.5. The summed E-state index contributed by atoms with van der Waals surface area (Å²) in [4.78, 5) is 23.7. The molecule has 0 aliphatic carbocycles. The lowest BCUT2D eigenvalue weighted by molar-refractivity contribution is -0.138. The van der Waals surface area contributed by atoms with Gasteiger partial charge in [0.15, 0.2) is 6.61 Å². The third-order valence-corrected chi connectivity index (χ3v) is 3.03. The summed E-state index contributed by atoms with van der Waals surface area (Å²) in [5.74, 6) is -0.433. The number of carboxylic acids is 1. The average Bonchev–Trinajstić information content (AvgIpc) is 2.34. The zero-order valence-electron chi connectivity index (χ0n) is 12.4. The fourth-order valence-electron chi connectivity index (χ4n) is 2.03. The fraction of sp³-hybridized carbons (Fsp3) is 0.467. The van der Waals surface area contributed by atoms with E-state index in [1.807, 2.05) is 32.9 Å². The van der Waals surface area contributed by atoms with Gasteiger partial charge in [-0.15, -0.1) is 0 Å². The average molecular weight is 279 g/mol. The number of hydrogen-bond donors (Lipinski definition) is 1. The molecule has 0 fully saturated rings. The standard InChI is InChI=1S/C15H21NO4/c1-10-7-11(2)15(12(3)8-10)20-9-13(17)16(4)6-5-14(18)19/h7-8H,5-6,9H2,1-4H3,(H,18,19). The lowest BCUT2D eigenvalue weighted by Gasteiger charge is -2.18. The first kappa shape index (κ1) is 16.0. The number of likely N-dealkylation sites (N-methyl/N-ethyl adjacent to an activating group) is 1. The molecule has 0 radical (unpaired) electrons. The highest BCUT2D eigenvalue weighted by Gasteiger charge is 2.13. The molecular weight excluding hydrogens is 258 g/mol. The van der Waals surface area contributed by atoms with E-state index in [0.29, 0.717) is 0 Å². The molecule has 0 aliphatic rings. The van der Waals surface area contributed by atoms with Crippen LogP contribution in [0.15, 0.2) is 12.1 Å². The van der Waals surface area contributed by atoms with Crippen LogP contribution in [0, 0.1) is 20.8 Å². The molecule has 1 N–H and O–H groups in total. The van der Waals surface area contributed by atoms with E-state index in [-0.39, 0.29) is 25.5 Å². The predicted octanol–water partition coefficient (Wildman–Crippen LogP) is 1.92. The second kappa shape index (κ2) is 6.93. The SMILES string of the molecule is Cc1cc(C)c(OCC(=O)N(C)CCC(=O)O)c(C)c1. The van der Waals surface area contributed by atoms with Crippen molar-refractivity contribution in [3.63, 3.8) is 0 Å². The molecule has 0 aliphatic heterocycles. The van der Waals surface area contributed by atoms with E-state index >= 15 is 0 Å². The van der Waals surface area contributed by atoms with Crippen molar-refractivity contribution in [3.05, 3.63) is 28.8 Å². The summed E-state index contributed by atoms with van der Waals surface area (Å²) < 4.78 is 5.57. The van der Waals surface area contributed by atoms with Crippen molar-refractivity contribution in [3.8, 4) is 5.75 Å². The third kappa shape index (κ3) is 4.57. The van der Waals surface area contributed by atoms with E-state index in [1.54, 1.807) is 7.05 Å². The van der Waals surface area contributed by atoms with E-state index in [9.17, 15) is 9.59 Å². The lowest BCUT2D eigenvalue weighted by Crippen LogP contribution is -2.33. The maximum atomic E-state index is 11.8. The van der Waals surface area contributed by atoms with Crippen LogP contribution in [0.1, 0.15) is 23.1 Å². The Morgan fingerprint density at radius 3 is 2.25 bits per heavy atom. The minimum Gasteiger partial charge on any atom is -0.483 e. The van der Waals surface area contributed by atoms with Gasteiger partial charge in [0.25, 0.3) is 5.91 Å². The largest absolute Gasteiger partial charge is 0.483 e. The normalized spacial score (nSPS) is 10.2. The van der Waals surface area contributed by atoms with Gasteiger partial charge in [-0.05, 0) is 31.9 Å². The number of nitrogens with zero attached hydrogens (tertiary/aromatic N) is 1. The molecule has 0 atom stereocenters. The van der Waals surface area contributed by atoms with E-state index < -0.39 is 5.97 Å². The summed E-state index contributed by atoms with van der Waals surface area (Å²) >= 11 is 0. The monoisotopic (exact) mass is 279 g/mol. The maximum Gasteiger partial charge on any atom is 0.305 e. The molecule has 0 aromatic heterocycles. The van der Waals surface area contributed by atoms with Gasteiger partial charge in [0.2, 0.25) is 0 Å². The van der Waals surface area contributed by atoms with Gasteiger partial charge in [-0.3, -0.25) is 9.59 Å². The number of aryl methyl sites for hydroxylation is 3. The summed E-state index contributed by atoms with van der Waals surface area (Å²) in [6.45, 7) is 5.99. The van der Waals surface area contributed by atoms with Crippen LogP contribution in [0.25, 0.3) is 0 Å². The topological polar surface area (TPSA) is 66.8 Å². The van der Waals surface area contributed by atoms with Gasteiger partial charge in [-0.1, -0.05) is 17.7 Å². The molecule has 1 rings (SSSR count). The molecule has 0 heterocycles. The number of aliphatic carboxylic acids is 1. The minimum atomic E-state index is -0.921. The van der Waals surface area contributed by atoms with Crippen LogP contribution >= 0.6 is 0 Å². The molecule has 5 heteroatoms. The van der Waals surface area contributed by atoms with Gasteiger partial charge in [-0.25, -0.2) is 0 Å². The Balaban J connectivity index is 2.59. The number of amides is 1. The summed E-state index contributed by atoms with van der Waals surface area (Å²) in [6, 6.07) is 4.00. The number of rotatable bonds is 6. The van der Waals surface area contributed by atoms with Crippen LogP contribution in [0.3, 0.4) is 0 Å². The van der Waals surface area contributed by atoms with E-state index in [1.165, 1.54) is 4.90 Å². The van der Waals surface area contributed by atoms with Gasteiger partial charge in [0.1, 0.15) is 5.75 Å². The van der Waals surface area contributed by atoms with Crippen molar-refractivity contribution in [2.75, 3.05) is 20.2 Å². The quantitative estimate of drug-likeness (QED) is 0.864. The third-order valence-electron chi connectivity index (χ3n) is 3.03. The van der Waals surface area contributed by atoms with Crippen molar-refractivity contribution in [2.24, 2.45) is 0 Å². The number of ether oxygens (including phenoxy) is 1. The first-order valence-corrected chi connectivity index (χ1v) is 6.47. The molecular formula is C15H21NO4. The second-order valence-corrected chi connectivity index (χ2v) is 4.98. The van der Waals surface area contributed by atoms with Crippen LogP contribution in [-0.4, -0.2) is 42.1 Å². The molecule has 0 unspecified atom stereocenters. The lowest BCUT2D eigenvalue weighted by atomic mass is 10.1. The van der Waals surface area contributed by atoms with Crippen LogP contribution < -0.4 is 4.74 Å². The molecule has 0 bridgehead atoms. The van der Waals surface area contributed by atoms with E-state index in [0.717, 1.165) is 22.4 Å². The van der Waals surface area contributed by atoms with Crippen LogP contribution in [0.4, 0.5) is 0 Å². The Morgan fingerprint density at radius 2 is 1.75 bits per heavy atom. The van der Waals surface area contributed by atoms with Crippen molar-refractivity contribution in [1.82, 2.24) is 4.90 Å². The summed E-state index contributed by atoms with van der Waals surface area (Å²) in [6.07, 6.45) is -0.0647. The second-order valence-electron chi connectivity index (χ2n) is 4.98. The minimum absolute atomic E-state index is 0.0647. The smallest absolute Gasteiger partial charge is 0.305 e. The van der Waals surface area contributed by atoms with Gasteiger partial charge in [0, 0.05) is 13.6 Å². The Labute approximate surface area is 119 Å². The number of carbonyl (C=O) groups is 2. The maximum absolute atomic E-state index is 11.8. The Bertz CT molecular complexity index is 488. The van der Waals surface area contributed by atoms with Gasteiger partial charge in [-0.2, -0.15) is 0 Å². The molecule has 110 valence electrons. The predicted molar refractivity (Wildman–Crippen MR) is 76.0 cm³/mol. The van der Waals surface area contributed by atoms with E-state index in [2.05, 4.69) is 0 Å².